The molecule has 0 saturated heterocycles. The Kier molecular flexibility index (Phi) is 2.78. The number of H-pyrrole nitrogens is 2. The Labute approximate surface area is 95.2 Å². The number of nitrogens with one attached hydrogen (secondary N) is 2. The summed E-state index contributed by atoms with van der Waals surface area (Å²) in [5.41, 5.74) is -0.536. The number of esters is 1. The fraction of sp³-hybridized carbons (Fsp3) is 0.182. The van der Waals surface area contributed by atoms with Crippen molar-refractivity contribution in [2.24, 2.45) is 0 Å². The second kappa shape index (κ2) is 4.25. The molecule has 0 aliphatic carbocycles. The molecule has 0 saturated carbocycles. The first-order chi connectivity index (χ1) is 8.13. The number of rotatable bonds is 2. The zero-order chi connectivity index (χ0) is 12.4. The molecule has 0 atom stereocenters. The maximum absolute atomic E-state index is 11.9. The molecule has 2 aromatic rings. The molecule has 0 bridgehead atoms. The monoisotopic (exact) mass is 234 g/mol. The third-order valence-corrected chi connectivity index (χ3v) is 2.26. The molecule has 17 heavy (non-hydrogen) atoms. The molecule has 6 nitrogen and oxygen atoms in total. The van der Waals surface area contributed by atoms with Gasteiger partial charge in [-0.2, -0.15) is 0 Å². The fourth-order valence-electron chi connectivity index (χ4n) is 1.48. The molecule has 88 valence electrons. The predicted molar refractivity (Wildman–Crippen MR) is 61.1 cm³/mol. The molecule has 6 heteroatoms. The van der Waals surface area contributed by atoms with Gasteiger partial charge in [-0.05, 0) is 13.0 Å². The van der Waals surface area contributed by atoms with Crippen molar-refractivity contribution in [3.05, 3.63) is 44.5 Å². The predicted octanol–water partition coefficient (Wildman–Crippen LogP) is 0.393. The SMILES string of the molecule is CCOC(=O)c1c[nH]c2ccc(=O)[nH]c2c1=O. The third kappa shape index (κ3) is 1.96. The average Bonchev–Trinajstić information content (AvgIpc) is 2.30. The van der Waals surface area contributed by atoms with Gasteiger partial charge in [0.25, 0.3) is 0 Å². The van der Waals surface area contributed by atoms with Gasteiger partial charge in [0.05, 0.1) is 12.1 Å². The van der Waals surface area contributed by atoms with Crippen molar-refractivity contribution in [2.75, 3.05) is 6.61 Å². The molecular weight excluding hydrogens is 224 g/mol. The van der Waals surface area contributed by atoms with Crippen LogP contribution in [0, 0.1) is 0 Å². The summed E-state index contributed by atoms with van der Waals surface area (Å²) in [6, 6.07) is 2.77. The van der Waals surface area contributed by atoms with Gasteiger partial charge in [0.15, 0.2) is 0 Å². The van der Waals surface area contributed by atoms with E-state index in [1.807, 2.05) is 0 Å². The third-order valence-electron chi connectivity index (χ3n) is 2.26. The highest BCUT2D eigenvalue weighted by atomic mass is 16.5. The smallest absolute Gasteiger partial charge is 0.343 e. The van der Waals surface area contributed by atoms with Crippen LogP contribution in [0.5, 0.6) is 0 Å². The molecule has 0 fully saturated rings. The number of hydrogen-bond donors (Lipinski definition) is 2. The number of aromatic nitrogens is 2. The zero-order valence-corrected chi connectivity index (χ0v) is 9.07. The quantitative estimate of drug-likeness (QED) is 0.735. The van der Waals surface area contributed by atoms with Crippen LogP contribution < -0.4 is 11.0 Å². The van der Waals surface area contributed by atoms with Crippen molar-refractivity contribution in [1.29, 1.82) is 0 Å². The van der Waals surface area contributed by atoms with Crippen molar-refractivity contribution in [3.8, 4) is 0 Å². The molecule has 0 aliphatic rings. The summed E-state index contributed by atoms with van der Waals surface area (Å²) < 4.78 is 4.74. The Morgan fingerprint density at radius 3 is 2.82 bits per heavy atom. The van der Waals surface area contributed by atoms with E-state index in [2.05, 4.69) is 9.97 Å². The molecule has 0 aliphatic heterocycles. The number of ether oxygens (including phenoxy) is 1. The molecule has 0 radical (unpaired) electrons. The van der Waals surface area contributed by atoms with Gasteiger partial charge < -0.3 is 14.7 Å². The van der Waals surface area contributed by atoms with Crippen LogP contribution in [0.15, 0.2) is 27.9 Å². The van der Waals surface area contributed by atoms with Crippen molar-refractivity contribution in [3.63, 3.8) is 0 Å². The first kappa shape index (κ1) is 11.1. The lowest BCUT2D eigenvalue weighted by molar-refractivity contribution is 0.0524. The van der Waals surface area contributed by atoms with Gasteiger partial charge in [-0.1, -0.05) is 0 Å². The minimum atomic E-state index is -0.708. The highest BCUT2D eigenvalue weighted by Crippen LogP contribution is 2.03. The number of hydrogen-bond acceptors (Lipinski definition) is 4. The topological polar surface area (TPSA) is 92.0 Å². The second-order valence-electron chi connectivity index (χ2n) is 3.36. The Morgan fingerprint density at radius 1 is 1.35 bits per heavy atom. The maximum atomic E-state index is 11.9. The van der Waals surface area contributed by atoms with Gasteiger partial charge in [0.1, 0.15) is 11.1 Å². The first-order valence-corrected chi connectivity index (χ1v) is 5.05. The largest absolute Gasteiger partial charge is 0.462 e. The van der Waals surface area contributed by atoms with E-state index in [0.29, 0.717) is 5.52 Å². The van der Waals surface area contributed by atoms with E-state index in [0.717, 1.165) is 0 Å². The van der Waals surface area contributed by atoms with Crippen LogP contribution in [0.4, 0.5) is 0 Å². The summed E-state index contributed by atoms with van der Waals surface area (Å²) >= 11 is 0. The average molecular weight is 234 g/mol. The van der Waals surface area contributed by atoms with Crippen LogP contribution in [0.25, 0.3) is 11.0 Å². The van der Waals surface area contributed by atoms with E-state index in [1.165, 1.54) is 18.3 Å². The van der Waals surface area contributed by atoms with E-state index >= 15 is 0 Å². The highest BCUT2D eigenvalue weighted by Gasteiger charge is 2.14. The lowest BCUT2D eigenvalue weighted by atomic mass is 10.2. The van der Waals surface area contributed by atoms with Crippen molar-refractivity contribution < 1.29 is 9.53 Å². The lowest BCUT2D eigenvalue weighted by Crippen LogP contribution is -2.20. The number of carbonyl (C=O) groups excluding carboxylic acids is 1. The van der Waals surface area contributed by atoms with Crippen molar-refractivity contribution >= 4 is 17.0 Å². The van der Waals surface area contributed by atoms with E-state index in [-0.39, 0.29) is 17.7 Å². The van der Waals surface area contributed by atoms with Crippen molar-refractivity contribution in [2.45, 2.75) is 6.92 Å². The van der Waals surface area contributed by atoms with E-state index in [9.17, 15) is 14.4 Å². The van der Waals surface area contributed by atoms with Crippen LogP contribution >= 0.6 is 0 Å². The number of carbonyl (C=O) groups is 1. The highest BCUT2D eigenvalue weighted by molar-refractivity contribution is 5.92. The second-order valence-corrected chi connectivity index (χ2v) is 3.36. The minimum Gasteiger partial charge on any atom is -0.462 e. The Bertz CT molecular complexity index is 684. The molecule has 2 aromatic heterocycles. The Balaban J connectivity index is 2.69. The van der Waals surface area contributed by atoms with Gasteiger partial charge in [-0.25, -0.2) is 4.79 Å². The molecule has 2 heterocycles. The number of fused-ring (bicyclic) bond motifs is 1. The number of aromatic amines is 2. The summed E-state index contributed by atoms with van der Waals surface area (Å²) in [6.45, 7) is 1.83. The Morgan fingerprint density at radius 2 is 2.12 bits per heavy atom. The van der Waals surface area contributed by atoms with Crippen LogP contribution in [0.3, 0.4) is 0 Å². The minimum absolute atomic E-state index is 0.0723. The van der Waals surface area contributed by atoms with Crippen LogP contribution in [0.2, 0.25) is 0 Å². The Hall–Kier alpha value is -2.37. The summed E-state index contributed by atoms with van der Waals surface area (Å²) in [5, 5.41) is 0. The van der Waals surface area contributed by atoms with E-state index in [4.69, 9.17) is 4.74 Å². The first-order valence-electron chi connectivity index (χ1n) is 5.05. The fourth-order valence-corrected chi connectivity index (χ4v) is 1.48. The zero-order valence-electron chi connectivity index (χ0n) is 9.07. The summed E-state index contributed by atoms with van der Waals surface area (Å²) in [4.78, 5) is 39.6. The van der Waals surface area contributed by atoms with Gasteiger partial charge in [0.2, 0.25) is 11.0 Å². The molecule has 2 rings (SSSR count). The molecule has 0 amide bonds. The standard InChI is InChI=1S/C11H10N2O4/c1-2-17-11(16)6-5-12-7-3-4-8(14)13-9(7)10(6)15/h3-5H,2H2,1H3,(H,12,15)(H,13,14). The summed E-state index contributed by atoms with van der Waals surface area (Å²) in [6.07, 6.45) is 1.28. The van der Waals surface area contributed by atoms with Gasteiger partial charge in [-0.15, -0.1) is 0 Å². The normalized spacial score (nSPS) is 10.4. The van der Waals surface area contributed by atoms with Gasteiger partial charge in [-0.3, -0.25) is 9.59 Å². The van der Waals surface area contributed by atoms with E-state index < -0.39 is 17.0 Å². The van der Waals surface area contributed by atoms with E-state index in [1.54, 1.807) is 6.92 Å². The molecule has 0 unspecified atom stereocenters. The van der Waals surface area contributed by atoms with Gasteiger partial charge in [0, 0.05) is 12.3 Å². The van der Waals surface area contributed by atoms with Crippen LogP contribution in [-0.4, -0.2) is 22.5 Å². The summed E-state index contributed by atoms with van der Waals surface area (Å²) in [7, 11) is 0. The molecule has 0 spiro atoms. The van der Waals surface area contributed by atoms with Gasteiger partial charge >= 0.3 is 5.97 Å². The van der Waals surface area contributed by atoms with Crippen molar-refractivity contribution in [1.82, 2.24) is 9.97 Å². The lowest BCUT2D eigenvalue weighted by Gasteiger charge is -2.02. The number of pyridine rings is 2. The van der Waals surface area contributed by atoms with Crippen LogP contribution in [0.1, 0.15) is 17.3 Å². The molecular formula is C11H10N2O4. The van der Waals surface area contributed by atoms with Crippen LogP contribution in [-0.2, 0) is 4.74 Å². The summed E-state index contributed by atoms with van der Waals surface area (Å²) in [5.74, 6) is -0.708. The molecule has 2 N–H and O–H groups in total. The maximum Gasteiger partial charge on any atom is 0.343 e. The molecule has 0 aromatic carbocycles.